The molecule has 0 unspecified atom stereocenters. The molecule has 1 aromatic carbocycles. The van der Waals surface area contributed by atoms with Crippen molar-refractivity contribution >= 4 is 33.3 Å². The summed E-state index contributed by atoms with van der Waals surface area (Å²) in [6.45, 7) is 2.57. The molecular weight excluding hydrogens is 411 g/mol. The summed E-state index contributed by atoms with van der Waals surface area (Å²) < 4.78 is 14.1. The number of aromatic nitrogens is 2. The summed E-state index contributed by atoms with van der Waals surface area (Å²) in [6.07, 6.45) is 7.12. The number of thiophene rings is 1. The Bertz CT molecular complexity index is 1160. The smallest absolute Gasteiger partial charge is 0.256 e. The normalized spacial score (nSPS) is 19.0. The van der Waals surface area contributed by atoms with Crippen molar-refractivity contribution in [1.82, 2.24) is 14.9 Å². The maximum absolute atomic E-state index is 14.1. The van der Waals surface area contributed by atoms with Gasteiger partial charge in [-0.05, 0) is 56.2 Å². The second-order valence-corrected chi connectivity index (χ2v) is 9.91. The molecule has 3 heterocycles. The zero-order valence-corrected chi connectivity index (χ0v) is 18.3. The van der Waals surface area contributed by atoms with Crippen molar-refractivity contribution in [3.8, 4) is 0 Å². The van der Waals surface area contributed by atoms with Crippen molar-refractivity contribution in [2.75, 3.05) is 31.1 Å². The van der Waals surface area contributed by atoms with Gasteiger partial charge < -0.3 is 9.80 Å². The van der Waals surface area contributed by atoms with Gasteiger partial charge in [-0.3, -0.25) is 4.79 Å². The fourth-order valence-electron chi connectivity index (χ4n) is 4.83. The van der Waals surface area contributed by atoms with Crippen LogP contribution in [0.4, 0.5) is 10.2 Å². The van der Waals surface area contributed by atoms with E-state index in [-0.39, 0.29) is 11.5 Å². The molecule has 6 rings (SSSR count). The van der Waals surface area contributed by atoms with E-state index < -0.39 is 5.82 Å². The van der Waals surface area contributed by atoms with E-state index in [1.807, 2.05) is 11.3 Å². The molecule has 1 amide bonds. The Kier molecular flexibility index (Phi) is 4.67. The fourth-order valence-corrected chi connectivity index (χ4v) is 6.10. The molecule has 5 nitrogen and oxygen atoms in total. The van der Waals surface area contributed by atoms with Crippen LogP contribution in [0.5, 0.6) is 0 Å². The first-order chi connectivity index (χ1) is 15.2. The average molecular weight is 437 g/mol. The van der Waals surface area contributed by atoms with Crippen LogP contribution in [0, 0.1) is 5.82 Å². The summed E-state index contributed by atoms with van der Waals surface area (Å²) in [4.78, 5) is 29.6. The molecule has 0 radical (unpaired) electrons. The lowest BCUT2D eigenvalue weighted by molar-refractivity contribution is 0.0742. The first-order valence-corrected chi connectivity index (χ1v) is 12.1. The Labute approximate surface area is 184 Å². The number of carbonyl (C=O) groups excluding carboxylic acids is 1. The minimum atomic E-state index is -0.452. The van der Waals surface area contributed by atoms with E-state index in [1.54, 1.807) is 23.1 Å². The number of fused-ring (bicyclic) bond motifs is 3. The van der Waals surface area contributed by atoms with Gasteiger partial charge in [0.05, 0.1) is 10.9 Å². The highest BCUT2D eigenvalue weighted by molar-refractivity contribution is 7.19. The van der Waals surface area contributed by atoms with Crippen molar-refractivity contribution in [2.24, 2.45) is 0 Å². The first-order valence-electron chi connectivity index (χ1n) is 11.3. The fraction of sp³-hybridized carbons (Fsp3) is 0.458. The van der Waals surface area contributed by atoms with Crippen LogP contribution in [0.1, 0.15) is 58.2 Å². The number of aryl methyl sites for hydroxylation is 2. The number of benzene rings is 1. The van der Waals surface area contributed by atoms with Gasteiger partial charge in [-0.2, -0.15) is 0 Å². The molecule has 3 aromatic rings. The van der Waals surface area contributed by atoms with E-state index in [9.17, 15) is 9.18 Å². The number of amides is 1. The Hall–Kier alpha value is -2.54. The van der Waals surface area contributed by atoms with Crippen LogP contribution in [-0.4, -0.2) is 47.0 Å². The molecule has 0 atom stereocenters. The van der Waals surface area contributed by atoms with Gasteiger partial charge in [0.15, 0.2) is 0 Å². The molecule has 160 valence electrons. The molecule has 2 aliphatic carbocycles. The SMILES string of the molecule is O=C(c1ccccc1F)N1CCN(c2nc(C3CC3)nc3sc4c(c23)CCCC4)CC1. The number of rotatable bonds is 3. The lowest BCUT2D eigenvalue weighted by Gasteiger charge is -2.36. The Morgan fingerprint density at radius 1 is 1.03 bits per heavy atom. The number of halogens is 1. The third kappa shape index (κ3) is 3.39. The summed E-state index contributed by atoms with van der Waals surface area (Å²) in [5, 5.41) is 1.25. The van der Waals surface area contributed by atoms with Gasteiger partial charge in [0.25, 0.3) is 5.91 Å². The van der Waals surface area contributed by atoms with E-state index in [2.05, 4.69) is 4.90 Å². The zero-order valence-electron chi connectivity index (χ0n) is 17.4. The van der Waals surface area contributed by atoms with Crippen LogP contribution < -0.4 is 4.90 Å². The average Bonchev–Trinajstić information content (AvgIpc) is 3.59. The minimum absolute atomic E-state index is 0.156. The van der Waals surface area contributed by atoms with Gasteiger partial charge in [0.2, 0.25) is 0 Å². The van der Waals surface area contributed by atoms with E-state index >= 15 is 0 Å². The van der Waals surface area contributed by atoms with Crippen LogP contribution in [0.2, 0.25) is 0 Å². The number of hydrogen-bond acceptors (Lipinski definition) is 5. The van der Waals surface area contributed by atoms with Gasteiger partial charge in [0.1, 0.15) is 22.3 Å². The summed E-state index contributed by atoms with van der Waals surface area (Å²) in [5.74, 6) is 1.88. The van der Waals surface area contributed by atoms with Crippen molar-refractivity contribution < 1.29 is 9.18 Å². The predicted molar refractivity (Wildman–Crippen MR) is 121 cm³/mol. The first kappa shape index (κ1) is 19.2. The molecule has 0 spiro atoms. The summed E-state index contributed by atoms with van der Waals surface area (Å²) in [6, 6.07) is 6.24. The highest BCUT2D eigenvalue weighted by atomic mass is 32.1. The van der Waals surface area contributed by atoms with Crippen LogP contribution in [0.3, 0.4) is 0 Å². The van der Waals surface area contributed by atoms with E-state index in [1.165, 1.54) is 47.6 Å². The molecule has 2 aromatic heterocycles. The summed E-state index contributed by atoms with van der Waals surface area (Å²) in [5.41, 5.74) is 1.61. The molecule has 7 heteroatoms. The lowest BCUT2D eigenvalue weighted by atomic mass is 9.97. The molecule has 1 saturated heterocycles. The topological polar surface area (TPSA) is 49.3 Å². The van der Waals surface area contributed by atoms with Gasteiger partial charge in [0, 0.05) is 37.0 Å². The third-order valence-corrected chi connectivity index (χ3v) is 7.91. The molecule has 2 fully saturated rings. The maximum atomic E-state index is 14.1. The lowest BCUT2D eigenvalue weighted by Crippen LogP contribution is -2.49. The Morgan fingerprint density at radius 2 is 1.81 bits per heavy atom. The monoisotopic (exact) mass is 436 g/mol. The number of piperazine rings is 1. The van der Waals surface area contributed by atoms with E-state index in [4.69, 9.17) is 9.97 Å². The second-order valence-electron chi connectivity index (χ2n) is 8.83. The van der Waals surface area contributed by atoms with Gasteiger partial charge >= 0.3 is 0 Å². The van der Waals surface area contributed by atoms with Crippen LogP contribution in [0.25, 0.3) is 10.2 Å². The highest BCUT2D eigenvalue weighted by Crippen LogP contribution is 2.44. The number of carbonyl (C=O) groups is 1. The minimum Gasteiger partial charge on any atom is -0.352 e. The van der Waals surface area contributed by atoms with Gasteiger partial charge in [-0.15, -0.1) is 11.3 Å². The van der Waals surface area contributed by atoms with E-state index in [0.29, 0.717) is 32.1 Å². The third-order valence-electron chi connectivity index (χ3n) is 6.73. The zero-order chi connectivity index (χ0) is 20.9. The summed E-state index contributed by atoms with van der Waals surface area (Å²) >= 11 is 1.86. The molecule has 3 aliphatic rings. The van der Waals surface area contributed by atoms with Crippen molar-refractivity contribution in [3.05, 3.63) is 51.9 Å². The summed E-state index contributed by atoms with van der Waals surface area (Å²) in [7, 11) is 0. The molecule has 0 bridgehead atoms. The molecule has 0 N–H and O–H groups in total. The van der Waals surface area contributed by atoms with Gasteiger partial charge in [-0.25, -0.2) is 14.4 Å². The Balaban J connectivity index is 1.30. The van der Waals surface area contributed by atoms with E-state index in [0.717, 1.165) is 29.3 Å². The highest BCUT2D eigenvalue weighted by Gasteiger charge is 2.32. The molecular formula is C24H25FN4OS. The number of nitrogens with zero attached hydrogens (tertiary/aromatic N) is 4. The van der Waals surface area contributed by atoms with Crippen molar-refractivity contribution in [3.63, 3.8) is 0 Å². The molecule has 1 saturated carbocycles. The van der Waals surface area contributed by atoms with Crippen LogP contribution in [-0.2, 0) is 12.8 Å². The Morgan fingerprint density at radius 3 is 2.58 bits per heavy atom. The van der Waals surface area contributed by atoms with Crippen molar-refractivity contribution in [1.29, 1.82) is 0 Å². The number of hydrogen-bond donors (Lipinski definition) is 0. The number of anilines is 1. The second kappa shape index (κ2) is 7.55. The predicted octanol–water partition coefficient (Wildman–Crippen LogP) is 4.55. The molecule has 1 aliphatic heterocycles. The van der Waals surface area contributed by atoms with Crippen LogP contribution >= 0.6 is 11.3 Å². The molecule has 31 heavy (non-hydrogen) atoms. The maximum Gasteiger partial charge on any atom is 0.256 e. The van der Waals surface area contributed by atoms with Crippen LogP contribution in [0.15, 0.2) is 24.3 Å². The quantitative estimate of drug-likeness (QED) is 0.605. The van der Waals surface area contributed by atoms with Crippen molar-refractivity contribution in [2.45, 2.75) is 44.4 Å². The largest absolute Gasteiger partial charge is 0.352 e. The standard InChI is InChI=1S/C24H25FN4OS/c25-18-7-3-1-5-16(18)24(30)29-13-11-28(12-14-29)22-20-17-6-2-4-8-19(17)31-23(20)27-21(26-22)15-9-10-15/h1,3,5,7,15H,2,4,6,8-14H2. The van der Waals surface area contributed by atoms with Gasteiger partial charge in [-0.1, -0.05) is 12.1 Å².